The Hall–Kier alpha value is -4.11. The minimum absolute atomic E-state index is 0.00897. The van der Waals surface area contributed by atoms with Gasteiger partial charge in [0.2, 0.25) is 5.91 Å². The first-order valence-electron chi connectivity index (χ1n) is 14.3. The van der Waals surface area contributed by atoms with E-state index in [-0.39, 0.29) is 28.2 Å². The number of benzene rings is 3. The molecule has 220 valence electrons. The number of methoxy groups -OCH3 is 1. The van der Waals surface area contributed by atoms with Gasteiger partial charge in [0.05, 0.1) is 12.0 Å². The third-order valence-corrected chi connectivity index (χ3v) is 9.72. The second kappa shape index (κ2) is 12.0. The van der Waals surface area contributed by atoms with Gasteiger partial charge >= 0.3 is 0 Å². The summed E-state index contributed by atoms with van der Waals surface area (Å²) < 4.78 is 33.8. The highest BCUT2D eigenvalue weighted by molar-refractivity contribution is 7.90. The topological polar surface area (TPSA) is 109 Å². The summed E-state index contributed by atoms with van der Waals surface area (Å²) in [5.74, 6) is -0.0250. The largest absolute Gasteiger partial charge is 0.496 e. The Balaban J connectivity index is 1.45. The van der Waals surface area contributed by atoms with Crippen molar-refractivity contribution in [3.63, 3.8) is 0 Å². The van der Waals surface area contributed by atoms with Crippen molar-refractivity contribution >= 4 is 32.7 Å². The third kappa shape index (κ3) is 5.79. The van der Waals surface area contributed by atoms with Crippen LogP contribution in [-0.4, -0.2) is 50.8 Å². The van der Waals surface area contributed by atoms with E-state index in [0.29, 0.717) is 17.7 Å². The molecule has 1 fully saturated rings. The lowest BCUT2D eigenvalue weighted by Gasteiger charge is -2.20. The van der Waals surface area contributed by atoms with Crippen molar-refractivity contribution in [3.05, 3.63) is 94.7 Å². The number of sulfonamides is 1. The number of nitrogens with zero attached hydrogens (tertiary/aromatic N) is 1. The normalized spacial score (nSPS) is 16.1. The van der Waals surface area contributed by atoms with Crippen LogP contribution in [0.25, 0.3) is 10.9 Å². The highest BCUT2D eigenvalue weighted by Gasteiger charge is 2.29. The quantitative estimate of drug-likeness (QED) is 0.253. The van der Waals surface area contributed by atoms with Crippen LogP contribution in [-0.2, 0) is 21.2 Å². The summed E-state index contributed by atoms with van der Waals surface area (Å²) in [4.78, 5) is 30.9. The number of amides is 2. The lowest BCUT2D eigenvalue weighted by atomic mass is 9.85. The number of hydrogen-bond acceptors (Lipinski definition) is 5. The molecule has 1 aliphatic rings. The Kier molecular flexibility index (Phi) is 8.41. The summed E-state index contributed by atoms with van der Waals surface area (Å²) in [7, 11) is -0.631. The van der Waals surface area contributed by atoms with Crippen molar-refractivity contribution in [3.8, 4) is 5.75 Å². The SMILES string of the molecule is CCCC(c1ccc(C(=O)NS(=O)(=O)c2ccccc2C)cc1OC)c1c[nH]c2ccc(CC3CCN(C)C3=O)cc12. The maximum Gasteiger partial charge on any atom is 0.265 e. The predicted octanol–water partition coefficient (Wildman–Crippen LogP) is 5.56. The Bertz CT molecular complexity index is 1740. The molecule has 1 aromatic heterocycles. The first-order chi connectivity index (χ1) is 20.1. The molecule has 2 N–H and O–H groups in total. The molecule has 0 saturated carbocycles. The molecule has 1 aliphatic heterocycles. The van der Waals surface area contributed by atoms with Crippen molar-refractivity contribution < 1.29 is 22.7 Å². The zero-order valence-corrected chi connectivity index (χ0v) is 25.3. The molecule has 2 unspecified atom stereocenters. The molecule has 0 radical (unpaired) electrons. The van der Waals surface area contributed by atoms with Gasteiger partial charge in [0, 0.05) is 53.7 Å². The van der Waals surface area contributed by atoms with E-state index < -0.39 is 15.9 Å². The number of hydrogen-bond donors (Lipinski definition) is 2. The van der Waals surface area contributed by atoms with E-state index >= 15 is 0 Å². The van der Waals surface area contributed by atoms with Crippen LogP contribution in [0.4, 0.5) is 0 Å². The molecule has 1 saturated heterocycles. The van der Waals surface area contributed by atoms with E-state index in [1.165, 1.54) is 6.07 Å². The third-order valence-electron chi connectivity index (χ3n) is 8.23. The Morgan fingerprint density at radius 2 is 1.90 bits per heavy atom. The van der Waals surface area contributed by atoms with Gasteiger partial charge in [-0.15, -0.1) is 0 Å². The molecule has 8 nitrogen and oxygen atoms in total. The highest BCUT2D eigenvalue weighted by atomic mass is 32.2. The zero-order chi connectivity index (χ0) is 30.0. The fourth-order valence-electron chi connectivity index (χ4n) is 5.97. The summed E-state index contributed by atoms with van der Waals surface area (Å²) >= 11 is 0. The summed E-state index contributed by atoms with van der Waals surface area (Å²) in [6.07, 6.45) is 5.36. The van der Waals surface area contributed by atoms with E-state index in [2.05, 4.69) is 34.8 Å². The molecule has 3 aromatic carbocycles. The molecular formula is C33H37N3O5S. The summed E-state index contributed by atoms with van der Waals surface area (Å²) in [6.45, 7) is 4.61. The van der Waals surface area contributed by atoms with Gasteiger partial charge in [0.15, 0.2) is 0 Å². The minimum Gasteiger partial charge on any atom is -0.496 e. The van der Waals surface area contributed by atoms with Crippen LogP contribution in [0.1, 0.15) is 64.7 Å². The monoisotopic (exact) mass is 587 g/mol. The van der Waals surface area contributed by atoms with Gasteiger partial charge in [-0.25, -0.2) is 13.1 Å². The van der Waals surface area contributed by atoms with Crippen LogP contribution >= 0.6 is 0 Å². The number of aromatic amines is 1. The molecule has 0 bridgehead atoms. The van der Waals surface area contributed by atoms with Gasteiger partial charge in [-0.05, 0) is 73.2 Å². The maximum atomic E-state index is 13.1. The van der Waals surface area contributed by atoms with Crippen LogP contribution in [0.2, 0.25) is 0 Å². The number of aromatic nitrogens is 1. The molecular weight excluding hydrogens is 550 g/mol. The van der Waals surface area contributed by atoms with Crippen molar-refractivity contribution in [2.45, 2.75) is 50.3 Å². The lowest BCUT2D eigenvalue weighted by Crippen LogP contribution is -2.31. The second-order valence-corrected chi connectivity index (χ2v) is 12.7. The molecule has 0 aliphatic carbocycles. The minimum atomic E-state index is -4.04. The number of carbonyl (C=O) groups excluding carboxylic acids is 2. The molecule has 2 atom stereocenters. The number of likely N-dealkylation sites (tertiary alicyclic amines) is 1. The average Bonchev–Trinajstić information content (AvgIpc) is 3.53. The predicted molar refractivity (Wildman–Crippen MR) is 163 cm³/mol. The van der Waals surface area contributed by atoms with Crippen molar-refractivity contribution in [1.82, 2.24) is 14.6 Å². The number of H-pyrrole nitrogens is 1. The number of carbonyl (C=O) groups is 2. The number of fused-ring (bicyclic) bond motifs is 1. The van der Waals surface area contributed by atoms with Crippen LogP contribution in [0.5, 0.6) is 5.75 Å². The van der Waals surface area contributed by atoms with E-state index in [1.54, 1.807) is 49.3 Å². The van der Waals surface area contributed by atoms with Gasteiger partial charge in [0.25, 0.3) is 15.9 Å². The second-order valence-electron chi connectivity index (χ2n) is 11.1. The van der Waals surface area contributed by atoms with Crippen LogP contribution < -0.4 is 9.46 Å². The number of ether oxygens (including phenoxy) is 1. The molecule has 5 rings (SSSR count). The zero-order valence-electron chi connectivity index (χ0n) is 24.4. The number of aryl methyl sites for hydroxylation is 1. The molecule has 9 heteroatoms. The lowest BCUT2D eigenvalue weighted by molar-refractivity contribution is -0.129. The van der Waals surface area contributed by atoms with Gasteiger partial charge < -0.3 is 14.6 Å². The van der Waals surface area contributed by atoms with Crippen LogP contribution in [0.3, 0.4) is 0 Å². The Morgan fingerprint density at radius 1 is 1.12 bits per heavy atom. The Labute approximate surface area is 247 Å². The average molecular weight is 588 g/mol. The first-order valence-corrected chi connectivity index (χ1v) is 15.8. The van der Waals surface area contributed by atoms with Gasteiger partial charge in [-0.2, -0.15) is 0 Å². The molecule has 2 amide bonds. The van der Waals surface area contributed by atoms with Crippen molar-refractivity contribution in [2.24, 2.45) is 5.92 Å². The number of rotatable bonds is 10. The van der Waals surface area contributed by atoms with E-state index in [9.17, 15) is 18.0 Å². The molecule has 0 spiro atoms. The van der Waals surface area contributed by atoms with E-state index in [4.69, 9.17) is 4.74 Å². The smallest absolute Gasteiger partial charge is 0.265 e. The summed E-state index contributed by atoms with van der Waals surface area (Å²) in [6, 6.07) is 18.0. The first kappa shape index (κ1) is 29.4. The van der Waals surface area contributed by atoms with Crippen LogP contribution in [0, 0.1) is 12.8 Å². The molecule has 2 heterocycles. The van der Waals surface area contributed by atoms with Gasteiger partial charge in [-0.1, -0.05) is 43.7 Å². The van der Waals surface area contributed by atoms with Gasteiger partial charge in [-0.3, -0.25) is 9.59 Å². The van der Waals surface area contributed by atoms with E-state index in [0.717, 1.165) is 53.4 Å². The van der Waals surface area contributed by atoms with Gasteiger partial charge in [0.1, 0.15) is 5.75 Å². The van der Waals surface area contributed by atoms with Crippen molar-refractivity contribution in [2.75, 3.05) is 20.7 Å². The summed E-state index contributed by atoms with van der Waals surface area (Å²) in [5, 5.41) is 1.10. The fraction of sp³-hybridized carbons (Fsp3) is 0.333. The maximum absolute atomic E-state index is 13.1. The van der Waals surface area contributed by atoms with E-state index in [1.807, 2.05) is 19.3 Å². The van der Waals surface area contributed by atoms with Crippen molar-refractivity contribution in [1.29, 1.82) is 0 Å². The standard InChI is InChI=1S/C33H37N3O5S/c1-5-8-25(28-20-34-29-14-11-22(18-27(28)29)17-24-15-16-36(3)33(24)38)26-13-12-23(19-30(26)41-4)32(37)35-42(39,40)31-10-7-6-9-21(31)2/h6-7,9-14,18-20,24-25,34H,5,8,15-17H2,1-4H3,(H,35,37). The summed E-state index contributed by atoms with van der Waals surface area (Å²) in [5.41, 5.74) is 4.91. The molecule has 42 heavy (non-hydrogen) atoms. The number of nitrogens with one attached hydrogen (secondary N) is 2. The van der Waals surface area contributed by atoms with Crippen LogP contribution in [0.15, 0.2) is 71.8 Å². The molecule has 4 aromatic rings. The Morgan fingerprint density at radius 3 is 2.60 bits per heavy atom. The highest BCUT2D eigenvalue weighted by Crippen LogP contribution is 2.39. The fourth-order valence-corrected chi connectivity index (χ4v) is 7.20.